The van der Waals surface area contributed by atoms with Gasteiger partial charge in [-0.05, 0) is 25.0 Å². The first-order chi connectivity index (χ1) is 10.5. The Morgan fingerprint density at radius 2 is 1.83 bits per heavy atom. The average Bonchev–Trinajstić information content (AvgIpc) is 3.15. The number of rotatable bonds is 5. The van der Waals surface area contributed by atoms with Crippen molar-refractivity contribution in [1.29, 1.82) is 0 Å². The van der Waals surface area contributed by atoms with Crippen LogP contribution in [0.5, 0.6) is 5.75 Å². The zero-order valence-electron chi connectivity index (χ0n) is 13.1. The summed E-state index contributed by atoms with van der Waals surface area (Å²) >= 11 is 0. The van der Waals surface area contributed by atoms with Crippen LogP contribution in [0.3, 0.4) is 0 Å². The van der Waals surface area contributed by atoms with Gasteiger partial charge in [-0.15, -0.1) is 0 Å². The zero-order valence-corrected chi connectivity index (χ0v) is 16.2. The first-order valence-corrected chi connectivity index (χ1v) is 7.50. The Hall–Kier alpha value is -0.279. The third-order valence-electron chi connectivity index (χ3n) is 4.01. The molecule has 1 aromatic carbocycles. The summed E-state index contributed by atoms with van der Waals surface area (Å²) in [4.78, 5) is 0. The van der Waals surface area contributed by atoms with Crippen molar-refractivity contribution < 1.29 is 69.1 Å². The normalized spacial score (nSPS) is 15.4. The topological polar surface area (TPSA) is 27.1 Å². The van der Waals surface area contributed by atoms with E-state index in [0.717, 1.165) is 18.9 Å². The van der Waals surface area contributed by atoms with E-state index in [9.17, 15) is 12.9 Å². The van der Waals surface area contributed by atoms with Gasteiger partial charge in [0.25, 0.3) is 0 Å². The van der Waals surface area contributed by atoms with Crippen molar-refractivity contribution >= 4 is 12.4 Å². The summed E-state index contributed by atoms with van der Waals surface area (Å²) in [6, 6.07) is 7.52. The molecule has 0 spiro atoms. The molecule has 0 amide bonds. The summed E-state index contributed by atoms with van der Waals surface area (Å²) in [6.45, 7) is -5.03. The Balaban J connectivity index is 0.00000192. The van der Waals surface area contributed by atoms with Crippen LogP contribution in [0.25, 0.3) is 0 Å². The third kappa shape index (κ3) is 4.85. The molecule has 8 heteroatoms. The largest absolute Gasteiger partial charge is 1.00 e. The van der Waals surface area contributed by atoms with E-state index in [2.05, 4.69) is 5.10 Å². The van der Waals surface area contributed by atoms with Crippen LogP contribution in [0.2, 0.25) is 0 Å². The monoisotopic (exact) mass is 348 g/mol. The van der Waals surface area contributed by atoms with Crippen molar-refractivity contribution in [3.05, 3.63) is 42.2 Å². The molecule has 1 saturated carbocycles. The summed E-state index contributed by atoms with van der Waals surface area (Å²) in [5.74, 6) is -0.134. The van der Waals surface area contributed by atoms with Gasteiger partial charge in [0.1, 0.15) is 6.61 Å². The second kappa shape index (κ2) is 8.20. The second-order valence-electron chi connectivity index (χ2n) is 5.63. The van der Waals surface area contributed by atoms with Crippen molar-refractivity contribution in [3.8, 4) is 5.75 Å². The zero-order chi connectivity index (χ0) is 15.6. The van der Waals surface area contributed by atoms with E-state index in [4.69, 9.17) is 4.74 Å². The van der Waals surface area contributed by atoms with Crippen LogP contribution in [0.1, 0.15) is 37.4 Å². The molecular formula is C15H17BF3KN2O. The van der Waals surface area contributed by atoms with E-state index in [0.29, 0.717) is 11.7 Å². The second-order valence-corrected chi connectivity index (χ2v) is 5.63. The Kier molecular flexibility index (Phi) is 6.79. The number of benzene rings is 1. The van der Waals surface area contributed by atoms with Gasteiger partial charge in [0.15, 0.2) is 0 Å². The van der Waals surface area contributed by atoms with Gasteiger partial charge in [0, 0.05) is 6.20 Å². The molecule has 0 radical (unpaired) electrons. The SMILES string of the molecule is F[B-](F)(F)c1ccccc1OCc1ccn(C2CCCC2)n1.[K+]. The van der Waals surface area contributed by atoms with Crippen molar-refractivity contribution in [1.82, 2.24) is 9.78 Å². The molecule has 3 rings (SSSR count). The minimum Gasteiger partial charge on any atom is -0.490 e. The molecule has 0 atom stereocenters. The molecule has 1 heterocycles. The number of ether oxygens (including phenoxy) is 1. The molecular weight excluding hydrogens is 331 g/mol. The average molecular weight is 348 g/mol. The van der Waals surface area contributed by atoms with Crippen molar-refractivity contribution in [3.63, 3.8) is 0 Å². The molecule has 1 fully saturated rings. The van der Waals surface area contributed by atoms with Gasteiger partial charge in [0.2, 0.25) is 0 Å². The molecule has 1 aromatic heterocycles. The fourth-order valence-electron chi connectivity index (χ4n) is 2.86. The summed E-state index contributed by atoms with van der Waals surface area (Å²) in [5.41, 5.74) is -0.0471. The molecule has 0 N–H and O–H groups in total. The van der Waals surface area contributed by atoms with Gasteiger partial charge in [-0.2, -0.15) is 5.10 Å². The standard InChI is InChI=1S/C15H17BF3N2O.K/c17-16(18,19)14-7-3-4-8-15(14)22-11-12-9-10-21(20-12)13-5-1-2-6-13;/h3-4,7-10,13H,1-2,5-6,11H2;/q-1;+1. The smallest absolute Gasteiger partial charge is 0.490 e. The molecule has 23 heavy (non-hydrogen) atoms. The van der Waals surface area contributed by atoms with Crippen molar-refractivity contribution in [2.24, 2.45) is 0 Å². The predicted octanol–water partition coefficient (Wildman–Crippen LogP) is 0.636. The van der Waals surface area contributed by atoms with E-state index in [1.165, 1.54) is 31.0 Å². The summed E-state index contributed by atoms with van der Waals surface area (Å²) < 4.78 is 46.1. The van der Waals surface area contributed by atoms with Gasteiger partial charge in [-0.25, -0.2) is 0 Å². The number of para-hydroxylation sites is 1. The summed E-state index contributed by atoms with van der Waals surface area (Å²) in [7, 11) is 0. The van der Waals surface area contributed by atoms with E-state index in [1.807, 2.05) is 10.9 Å². The van der Waals surface area contributed by atoms with E-state index in [-0.39, 0.29) is 63.7 Å². The maximum Gasteiger partial charge on any atom is 1.00 e. The Morgan fingerprint density at radius 1 is 1.13 bits per heavy atom. The van der Waals surface area contributed by atoms with Crippen LogP contribution in [-0.4, -0.2) is 16.8 Å². The Bertz CT molecular complexity index is 642. The molecule has 3 nitrogen and oxygen atoms in total. The molecule has 0 unspecified atom stereocenters. The molecule has 0 bridgehead atoms. The number of hydrogen-bond acceptors (Lipinski definition) is 2. The molecule has 118 valence electrons. The Morgan fingerprint density at radius 3 is 2.52 bits per heavy atom. The summed E-state index contributed by atoms with van der Waals surface area (Å²) in [6.07, 6.45) is 6.52. The van der Waals surface area contributed by atoms with Gasteiger partial charge in [-0.3, -0.25) is 4.68 Å². The van der Waals surface area contributed by atoms with Crippen LogP contribution in [0.15, 0.2) is 36.5 Å². The van der Waals surface area contributed by atoms with Crippen LogP contribution >= 0.6 is 0 Å². The quantitative estimate of drug-likeness (QED) is 0.742. The van der Waals surface area contributed by atoms with Gasteiger partial charge >= 0.3 is 58.4 Å². The first kappa shape index (κ1) is 19.1. The molecule has 1 aliphatic rings. The van der Waals surface area contributed by atoms with Gasteiger partial charge in [-0.1, -0.05) is 36.5 Å². The van der Waals surface area contributed by atoms with E-state index < -0.39 is 12.4 Å². The minimum atomic E-state index is -5.08. The fraction of sp³-hybridized carbons (Fsp3) is 0.400. The van der Waals surface area contributed by atoms with Gasteiger partial charge in [0.05, 0.1) is 17.5 Å². The van der Waals surface area contributed by atoms with Crippen LogP contribution in [-0.2, 0) is 6.61 Å². The minimum absolute atomic E-state index is 0. The molecule has 0 saturated heterocycles. The van der Waals surface area contributed by atoms with Crippen LogP contribution < -0.4 is 61.6 Å². The fourth-order valence-corrected chi connectivity index (χ4v) is 2.86. The predicted molar refractivity (Wildman–Crippen MR) is 79.2 cm³/mol. The molecule has 0 aliphatic heterocycles. The van der Waals surface area contributed by atoms with Crippen LogP contribution in [0.4, 0.5) is 12.9 Å². The number of nitrogens with zero attached hydrogens (tertiary/aromatic N) is 2. The molecule has 2 aromatic rings. The van der Waals surface area contributed by atoms with Crippen molar-refractivity contribution in [2.45, 2.75) is 38.3 Å². The number of hydrogen-bond donors (Lipinski definition) is 0. The number of aromatic nitrogens is 2. The van der Waals surface area contributed by atoms with Crippen LogP contribution in [0, 0.1) is 0 Å². The first-order valence-electron chi connectivity index (χ1n) is 7.50. The molecule has 1 aliphatic carbocycles. The van der Waals surface area contributed by atoms with Gasteiger partial charge < -0.3 is 17.7 Å². The Labute approximate surface area is 176 Å². The van der Waals surface area contributed by atoms with Crippen molar-refractivity contribution in [2.75, 3.05) is 0 Å². The third-order valence-corrected chi connectivity index (χ3v) is 4.01. The van der Waals surface area contributed by atoms with E-state index >= 15 is 0 Å². The number of halogens is 3. The maximum absolute atomic E-state index is 12.9. The van der Waals surface area contributed by atoms with E-state index in [1.54, 1.807) is 6.07 Å². The maximum atomic E-state index is 12.9. The summed E-state index contributed by atoms with van der Waals surface area (Å²) in [5, 5.41) is 4.41.